The molecule has 3 heterocycles. The summed E-state index contributed by atoms with van der Waals surface area (Å²) in [5.41, 5.74) is 2.66. The van der Waals surface area contributed by atoms with Gasteiger partial charge in [-0.2, -0.15) is 0 Å². The number of amides is 1. The molecular weight excluding hydrogens is 557 g/mol. The molecule has 44 heavy (non-hydrogen) atoms. The molecule has 5 aromatic rings. The number of anilines is 1. The fourth-order valence-corrected chi connectivity index (χ4v) is 5.90. The average Bonchev–Trinajstić information content (AvgIpc) is 3.55. The Kier molecular flexibility index (Phi) is 8.45. The molecule has 0 bridgehead atoms. The van der Waals surface area contributed by atoms with Gasteiger partial charge in [-0.15, -0.1) is 0 Å². The number of imidazole rings is 1. The number of fused-ring (bicyclic) bond motifs is 2. The molecule has 3 aromatic carbocycles. The topological polar surface area (TPSA) is 90.2 Å². The summed E-state index contributed by atoms with van der Waals surface area (Å²) in [6, 6.07) is 16.9. The number of hydrogen-bond acceptors (Lipinski definition) is 5. The lowest BCUT2D eigenvalue weighted by atomic mass is 10.0. The Morgan fingerprint density at radius 2 is 1.84 bits per heavy atom. The summed E-state index contributed by atoms with van der Waals surface area (Å²) in [6.45, 7) is 5.32. The van der Waals surface area contributed by atoms with Gasteiger partial charge in [-0.1, -0.05) is 63.1 Å². The number of hydrogen-bond donors (Lipinski definition) is 2. The van der Waals surface area contributed by atoms with E-state index in [1.165, 1.54) is 6.07 Å². The number of halogens is 1. The highest BCUT2D eigenvalue weighted by Crippen LogP contribution is 2.46. The smallest absolute Gasteiger partial charge is 0.257 e. The summed E-state index contributed by atoms with van der Waals surface area (Å²) in [6.07, 6.45) is 11.1. The van der Waals surface area contributed by atoms with E-state index in [4.69, 9.17) is 4.74 Å². The molecule has 226 valence electrons. The van der Waals surface area contributed by atoms with E-state index in [-0.39, 0.29) is 28.4 Å². The Morgan fingerprint density at radius 3 is 2.57 bits per heavy atom. The van der Waals surface area contributed by atoms with Gasteiger partial charge in [-0.25, -0.2) is 9.37 Å². The van der Waals surface area contributed by atoms with Crippen molar-refractivity contribution in [3.05, 3.63) is 101 Å². The fraction of sp³-hybridized carbons (Fsp3) is 0.286. The maximum atomic E-state index is 15.8. The van der Waals surface area contributed by atoms with Crippen molar-refractivity contribution < 1.29 is 13.9 Å². The first-order valence-corrected chi connectivity index (χ1v) is 15.3. The Hall–Kier alpha value is -4.92. The molecule has 6 rings (SSSR count). The molecule has 1 amide bonds. The SMILES string of the molecule is CCCC(CCC)NC(=O)c1cn2c3c(c(NCCCn4ccnc4)c(F)cc3c1=O)Oc1ccc(-c3ccccc3)cc1-2. The second kappa shape index (κ2) is 12.8. The number of carbonyl (C=O) groups excluding carboxylic acids is 1. The monoisotopic (exact) mass is 593 g/mol. The maximum Gasteiger partial charge on any atom is 0.257 e. The van der Waals surface area contributed by atoms with Crippen LogP contribution in [0, 0.1) is 5.82 Å². The van der Waals surface area contributed by atoms with E-state index in [9.17, 15) is 9.59 Å². The number of pyridine rings is 1. The van der Waals surface area contributed by atoms with Crippen LogP contribution in [0.4, 0.5) is 10.1 Å². The van der Waals surface area contributed by atoms with Crippen LogP contribution in [-0.2, 0) is 6.54 Å². The first-order chi connectivity index (χ1) is 21.5. The maximum absolute atomic E-state index is 15.8. The number of ether oxygens (including phenoxy) is 1. The molecule has 0 unspecified atom stereocenters. The second-order valence-corrected chi connectivity index (χ2v) is 11.2. The number of aryl methyl sites for hydroxylation is 1. The van der Waals surface area contributed by atoms with Gasteiger partial charge in [0.05, 0.1) is 17.4 Å². The molecular formula is C35H36FN5O3. The van der Waals surface area contributed by atoms with Crippen molar-refractivity contribution in [2.75, 3.05) is 11.9 Å². The van der Waals surface area contributed by atoms with Crippen LogP contribution >= 0.6 is 0 Å². The zero-order valence-electron chi connectivity index (χ0n) is 25.0. The van der Waals surface area contributed by atoms with E-state index in [0.717, 1.165) is 36.8 Å². The van der Waals surface area contributed by atoms with Gasteiger partial charge in [0.1, 0.15) is 16.8 Å². The molecule has 2 N–H and O–H groups in total. The molecule has 0 radical (unpaired) electrons. The highest BCUT2D eigenvalue weighted by atomic mass is 19.1. The Labute approximate surface area is 255 Å². The molecule has 0 aliphatic carbocycles. The lowest BCUT2D eigenvalue weighted by Gasteiger charge is -2.27. The average molecular weight is 594 g/mol. The fourth-order valence-electron chi connectivity index (χ4n) is 5.90. The lowest BCUT2D eigenvalue weighted by Crippen LogP contribution is -2.37. The van der Waals surface area contributed by atoms with E-state index in [1.54, 1.807) is 23.3 Å². The van der Waals surface area contributed by atoms with Gasteiger partial charge in [0.25, 0.3) is 5.91 Å². The van der Waals surface area contributed by atoms with Gasteiger partial charge >= 0.3 is 0 Å². The largest absolute Gasteiger partial charge is 0.451 e. The van der Waals surface area contributed by atoms with E-state index in [1.807, 2.05) is 59.3 Å². The van der Waals surface area contributed by atoms with Crippen molar-refractivity contribution in [2.24, 2.45) is 0 Å². The summed E-state index contributed by atoms with van der Waals surface area (Å²) in [5.74, 6) is -0.351. The van der Waals surface area contributed by atoms with Crippen molar-refractivity contribution in [1.29, 1.82) is 0 Å². The van der Waals surface area contributed by atoms with Crippen molar-refractivity contribution in [3.63, 3.8) is 0 Å². The summed E-state index contributed by atoms with van der Waals surface area (Å²) < 4.78 is 25.9. The van der Waals surface area contributed by atoms with E-state index in [0.29, 0.717) is 36.5 Å². The first kappa shape index (κ1) is 29.2. The minimum atomic E-state index is -0.615. The van der Waals surface area contributed by atoms with Gasteiger partial charge in [0.15, 0.2) is 17.3 Å². The minimum Gasteiger partial charge on any atom is -0.451 e. The molecule has 0 saturated heterocycles. The highest BCUT2D eigenvalue weighted by Gasteiger charge is 2.29. The number of benzene rings is 3. The molecule has 9 heteroatoms. The third-order valence-electron chi connectivity index (χ3n) is 8.04. The molecule has 1 aliphatic rings. The summed E-state index contributed by atoms with van der Waals surface area (Å²) >= 11 is 0. The zero-order chi connectivity index (χ0) is 30.6. The first-order valence-electron chi connectivity index (χ1n) is 15.3. The summed E-state index contributed by atoms with van der Waals surface area (Å²) in [7, 11) is 0. The number of nitrogens with zero attached hydrogens (tertiary/aromatic N) is 3. The van der Waals surface area contributed by atoms with Crippen molar-refractivity contribution in [1.82, 2.24) is 19.4 Å². The minimum absolute atomic E-state index is 0.0286. The normalized spacial score (nSPS) is 11.8. The van der Waals surface area contributed by atoms with Crippen LogP contribution < -0.4 is 20.8 Å². The van der Waals surface area contributed by atoms with Gasteiger partial charge in [0, 0.05) is 37.7 Å². The molecule has 0 spiro atoms. The predicted molar refractivity (Wildman–Crippen MR) is 171 cm³/mol. The zero-order valence-corrected chi connectivity index (χ0v) is 25.0. The molecule has 1 aliphatic heterocycles. The third kappa shape index (κ3) is 5.69. The summed E-state index contributed by atoms with van der Waals surface area (Å²) in [5, 5.41) is 6.35. The van der Waals surface area contributed by atoms with Crippen LogP contribution in [0.5, 0.6) is 11.5 Å². The number of nitrogens with one attached hydrogen (secondary N) is 2. The Morgan fingerprint density at radius 1 is 1.05 bits per heavy atom. The predicted octanol–water partition coefficient (Wildman–Crippen LogP) is 7.30. The molecule has 8 nitrogen and oxygen atoms in total. The van der Waals surface area contributed by atoms with Crippen LogP contribution in [0.15, 0.2) is 84.3 Å². The standard InChI is InChI=1S/C35H36FN5O3/c1-3-9-25(10-4-2)39-35(43)27-21-41-29-19-24(23-11-6-5-7-12-23)13-14-30(29)44-34-31(28(36)20-26(32(34)41)33(27)42)38-15-8-17-40-18-16-37-22-40/h5-7,11-14,16,18-22,25,38H,3-4,8-10,15,17H2,1-2H3,(H,39,43). The van der Waals surface area contributed by atoms with Gasteiger partial charge < -0.3 is 24.5 Å². The van der Waals surface area contributed by atoms with Crippen LogP contribution in [0.2, 0.25) is 0 Å². The van der Waals surface area contributed by atoms with Gasteiger partial charge in [-0.05, 0) is 48.6 Å². The second-order valence-electron chi connectivity index (χ2n) is 11.2. The number of aromatic nitrogens is 3. The van der Waals surface area contributed by atoms with Crippen LogP contribution in [0.3, 0.4) is 0 Å². The van der Waals surface area contributed by atoms with Crippen molar-refractivity contribution in [2.45, 2.75) is 58.5 Å². The van der Waals surface area contributed by atoms with Gasteiger partial charge in [-0.3, -0.25) is 9.59 Å². The third-order valence-corrected chi connectivity index (χ3v) is 8.04. The van der Waals surface area contributed by atoms with Crippen molar-refractivity contribution in [3.8, 4) is 28.3 Å². The lowest BCUT2D eigenvalue weighted by molar-refractivity contribution is 0.0931. The molecule has 2 aromatic heterocycles. The van der Waals surface area contributed by atoms with Crippen LogP contribution in [-0.4, -0.2) is 32.6 Å². The van der Waals surface area contributed by atoms with E-state index < -0.39 is 17.2 Å². The van der Waals surface area contributed by atoms with Gasteiger partial charge in [0.2, 0.25) is 5.43 Å². The Balaban J connectivity index is 1.46. The molecule has 0 atom stereocenters. The van der Waals surface area contributed by atoms with Crippen molar-refractivity contribution >= 4 is 22.5 Å². The quantitative estimate of drug-likeness (QED) is 0.145. The highest BCUT2D eigenvalue weighted by molar-refractivity contribution is 6.01. The number of carbonyl (C=O) groups is 1. The molecule has 0 fully saturated rings. The van der Waals surface area contributed by atoms with E-state index in [2.05, 4.69) is 29.5 Å². The Bertz CT molecular complexity index is 1840. The number of rotatable bonds is 12. The summed E-state index contributed by atoms with van der Waals surface area (Å²) in [4.78, 5) is 31.5. The van der Waals surface area contributed by atoms with E-state index >= 15 is 4.39 Å². The molecule has 0 saturated carbocycles. The van der Waals surface area contributed by atoms with Crippen LogP contribution in [0.25, 0.3) is 27.7 Å². The van der Waals surface area contributed by atoms with Crippen LogP contribution in [0.1, 0.15) is 56.3 Å².